The number of carbonyl (C=O) groups is 1. The van der Waals surface area contributed by atoms with Crippen LogP contribution in [0.5, 0.6) is 0 Å². The second-order valence-corrected chi connectivity index (χ2v) is 8.88. The summed E-state index contributed by atoms with van der Waals surface area (Å²) in [6.07, 6.45) is 1.85. The summed E-state index contributed by atoms with van der Waals surface area (Å²) in [6, 6.07) is 12.4. The molecule has 5 rings (SSSR count). The molecule has 0 bridgehead atoms. The predicted octanol–water partition coefficient (Wildman–Crippen LogP) is 4.67. The fourth-order valence-electron chi connectivity index (χ4n) is 3.95. The first-order chi connectivity index (χ1) is 15.4. The smallest absolute Gasteiger partial charge is 0.263 e. The molecular weight excluding hydrogens is 420 g/mol. The molecule has 0 fully saturated rings. The summed E-state index contributed by atoms with van der Waals surface area (Å²) < 4.78 is 0. The number of benzene rings is 2. The number of nitrogens with one attached hydrogen (secondary N) is 2. The monoisotopic (exact) mass is 442 g/mol. The van der Waals surface area contributed by atoms with Gasteiger partial charge in [-0.05, 0) is 54.7 Å². The van der Waals surface area contributed by atoms with E-state index in [0.717, 1.165) is 38.7 Å². The molecule has 1 amide bonds. The van der Waals surface area contributed by atoms with Crippen molar-refractivity contribution < 1.29 is 4.79 Å². The van der Waals surface area contributed by atoms with E-state index in [4.69, 9.17) is 5.73 Å². The molecule has 0 saturated heterocycles. The van der Waals surface area contributed by atoms with Gasteiger partial charge in [-0.25, -0.2) is 0 Å². The lowest BCUT2D eigenvalue weighted by Crippen LogP contribution is -2.22. The van der Waals surface area contributed by atoms with Gasteiger partial charge in [-0.15, -0.1) is 16.4 Å². The molecule has 3 aromatic heterocycles. The van der Waals surface area contributed by atoms with Crippen molar-refractivity contribution in [1.82, 2.24) is 25.7 Å². The van der Waals surface area contributed by atoms with Crippen molar-refractivity contribution in [3.8, 4) is 11.1 Å². The predicted molar refractivity (Wildman–Crippen MR) is 129 cm³/mol. The molecule has 5 aromatic rings. The van der Waals surface area contributed by atoms with E-state index in [2.05, 4.69) is 50.8 Å². The number of H-pyrrole nitrogens is 1. The van der Waals surface area contributed by atoms with E-state index in [1.165, 1.54) is 22.5 Å². The Morgan fingerprint density at radius 1 is 1.06 bits per heavy atom. The van der Waals surface area contributed by atoms with Crippen molar-refractivity contribution in [1.29, 1.82) is 0 Å². The highest BCUT2D eigenvalue weighted by Crippen LogP contribution is 2.35. The third-order valence-electron chi connectivity index (χ3n) is 5.95. The van der Waals surface area contributed by atoms with E-state index in [9.17, 15) is 4.79 Å². The maximum absolute atomic E-state index is 12.8. The third kappa shape index (κ3) is 3.29. The topological polar surface area (TPSA) is 110 Å². The molecule has 2 aromatic carbocycles. The van der Waals surface area contributed by atoms with Gasteiger partial charge in [-0.3, -0.25) is 9.89 Å². The van der Waals surface area contributed by atoms with E-state index in [1.807, 2.05) is 38.2 Å². The molecule has 7 nitrogen and oxygen atoms in total. The Labute approximate surface area is 188 Å². The molecule has 8 heteroatoms. The lowest BCUT2D eigenvalue weighted by atomic mass is 9.97. The Kier molecular flexibility index (Phi) is 4.86. The summed E-state index contributed by atoms with van der Waals surface area (Å²) in [7, 11) is 0. The molecule has 0 aliphatic heterocycles. The summed E-state index contributed by atoms with van der Waals surface area (Å²) in [4.78, 5) is 14.0. The van der Waals surface area contributed by atoms with E-state index < -0.39 is 0 Å². The van der Waals surface area contributed by atoms with Crippen LogP contribution in [0.25, 0.3) is 32.2 Å². The van der Waals surface area contributed by atoms with Crippen molar-refractivity contribution >= 4 is 44.1 Å². The summed E-state index contributed by atoms with van der Waals surface area (Å²) >= 11 is 1.27. The second kappa shape index (κ2) is 7.72. The average molecular weight is 443 g/mol. The van der Waals surface area contributed by atoms with Crippen LogP contribution in [0.15, 0.2) is 42.6 Å². The average Bonchev–Trinajstić information content (AvgIpc) is 3.41. The van der Waals surface area contributed by atoms with Crippen LogP contribution in [0, 0.1) is 20.8 Å². The molecule has 0 radical (unpaired) electrons. The highest BCUT2D eigenvalue weighted by atomic mass is 32.1. The Bertz CT molecular complexity index is 1480. The van der Waals surface area contributed by atoms with E-state index >= 15 is 0 Å². The minimum atomic E-state index is -0.201. The van der Waals surface area contributed by atoms with Crippen molar-refractivity contribution in [2.45, 2.75) is 27.3 Å². The number of nitrogens with zero attached hydrogens (tertiary/aromatic N) is 3. The number of rotatable bonds is 4. The maximum Gasteiger partial charge on any atom is 0.263 e. The number of hydrogen-bond donors (Lipinski definition) is 3. The first-order valence-electron chi connectivity index (χ1n) is 10.3. The Balaban J connectivity index is 1.34. The van der Waals surface area contributed by atoms with Gasteiger partial charge in [0.2, 0.25) is 0 Å². The quantitative estimate of drug-likeness (QED) is 0.375. The van der Waals surface area contributed by atoms with Crippen molar-refractivity contribution in [3.05, 3.63) is 69.9 Å². The van der Waals surface area contributed by atoms with Crippen LogP contribution in [0.2, 0.25) is 0 Å². The molecule has 0 aliphatic carbocycles. The molecule has 0 spiro atoms. The van der Waals surface area contributed by atoms with Crippen LogP contribution in [-0.2, 0) is 6.54 Å². The molecular formula is C24H22N6OS. The number of thiophene rings is 1. The van der Waals surface area contributed by atoms with Crippen LogP contribution in [0.4, 0.5) is 5.69 Å². The fourth-order valence-corrected chi connectivity index (χ4v) is 4.96. The van der Waals surface area contributed by atoms with Gasteiger partial charge in [0.1, 0.15) is 9.71 Å². The summed E-state index contributed by atoms with van der Waals surface area (Å²) in [5.74, 6) is -0.201. The molecule has 4 N–H and O–H groups in total. The minimum Gasteiger partial charge on any atom is -0.397 e. The molecule has 0 unspecified atom stereocenters. The molecule has 32 heavy (non-hydrogen) atoms. The van der Waals surface area contributed by atoms with E-state index in [0.29, 0.717) is 21.9 Å². The Hall–Kier alpha value is -3.78. The maximum atomic E-state index is 12.8. The molecule has 0 atom stereocenters. The number of aromatic amines is 1. The van der Waals surface area contributed by atoms with E-state index in [1.54, 1.807) is 0 Å². The van der Waals surface area contributed by atoms with Gasteiger partial charge in [0.15, 0.2) is 0 Å². The highest BCUT2D eigenvalue weighted by Gasteiger charge is 2.19. The van der Waals surface area contributed by atoms with Gasteiger partial charge >= 0.3 is 0 Å². The molecule has 3 heterocycles. The minimum absolute atomic E-state index is 0.201. The number of nitrogen functional groups attached to an aromatic ring is 1. The number of amides is 1. The van der Waals surface area contributed by atoms with Gasteiger partial charge < -0.3 is 11.1 Å². The van der Waals surface area contributed by atoms with Crippen LogP contribution in [0.1, 0.15) is 32.1 Å². The zero-order valence-corrected chi connectivity index (χ0v) is 18.8. The Morgan fingerprint density at radius 3 is 2.62 bits per heavy atom. The lowest BCUT2D eigenvalue weighted by molar-refractivity contribution is 0.0956. The van der Waals surface area contributed by atoms with Crippen LogP contribution < -0.4 is 11.1 Å². The van der Waals surface area contributed by atoms with Gasteiger partial charge in [0, 0.05) is 17.3 Å². The number of aryl methyl sites for hydroxylation is 3. The van der Waals surface area contributed by atoms with Gasteiger partial charge in [0.05, 0.1) is 23.1 Å². The van der Waals surface area contributed by atoms with Crippen molar-refractivity contribution in [3.63, 3.8) is 0 Å². The third-order valence-corrected chi connectivity index (χ3v) is 7.04. The van der Waals surface area contributed by atoms with Gasteiger partial charge in [-0.1, -0.05) is 30.3 Å². The standard InChI is InChI=1S/C24H22N6OS/c1-12-14(3)28-30-24-20(12)21(25)22(32-24)23(31)26-10-15-4-6-16(7-5-15)17-8-9-19-18(13(17)2)11-27-29-19/h4-9,11H,10,25H2,1-3H3,(H,26,31)(H,27,29). The van der Waals surface area contributed by atoms with Gasteiger partial charge in [0.25, 0.3) is 5.91 Å². The molecule has 0 saturated carbocycles. The number of hydrogen-bond acceptors (Lipinski definition) is 6. The number of carbonyl (C=O) groups excluding carboxylic acids is 1. The fraction of sp³-hybridized carbons (Fsp3) is 0.167. The second-order valence-electron chi connectivity index (χ2n) is 7.88. The van der Waals surface area contributed by atoms with E-state index in [-0.39, 0.29) is 5.91 Å². The number of fused-ring (bicyclic) bond motifs is 2. The number of aromatic nitrogens is 4. The Morgan fingerprint density at radius 2 is 1.84 bits per heavy atom. The molecule has 0 aliphatic rings. The molecule has 160 valence electrons. The van der Waals surface area contributed by atoms with Gasteiger partial charge in [-0.2, -0.15) is 10.2 Å². The van der Waals surface area contributed by atoms with Crippen LogP contribution in [-0.4, -0.2) is 26.3 Å². The summed E-state index contributed by atoms with van der Waals surface area (Å²) in [6.45, 7) is 6.35. The summed E-state index contributed by atoms with van der Waals surface area (Å²) in [5, 5.41) is 20.4. The summed E-state index contributed by atoms with van der Waals surface area (Å²) in [5.41, 5.74) is 14.0. The van der Waals surface area contributed by atoms with Crippen LogP contribution in [0.3, 0.4) is 0 Å². The van der Waals surface area contributed by atoms with Crippen molar-refractivity contribution in [2.75, 3.05) is 5.73 Å². The first-order valence-corrected chi connectivity index (χ1v) is 11.1. The first kappa shape index (κ1) is 20.1. The zero-order chi connectivity index (χ0) is 22.4. The SMILES string of the molecule is Cc1nnc2sc(C(=O)NCc3ccc(-c4ccc5[nH]ncc5c4C)cc3)c(N)c2c1C. The lowest BCUT2D eigenvalue weighted by Gasteiger charge is -2.09. The highest BCUT2D eigenvalue weighted by molar-refractivity contribution is 7.21. The zero-order valence-electron chi connectivity index (χ0n) is 18.0. The number of nitrogens with two attached hydrogens (primary N) is 1. The normalized spacial score (nSPS) is 11.3. The van der Waals surface area contributed by atoms with Crippen LogP contribution >= 0.6 is 11.3 Å². The number of anilines is 1. The van der Waals surface area contributed by atoms with Crippen molar-refractivity contribution in [2.24, 2.45) is 0 Å². The largest absolute Gasteiger partial charge is 0.397 e.